The first-order valence-corrected chi connectivity index (χ1v) is 7.36. The second-order valence-electron chi connectivity index (χ2n) is 6.14. The SMILES string of the molecule is CC(C)(C)OC(=O)N(Cc1ccccc1)Cc1ccccn1. The molecule has 0 aliphatic carbocycles. The zero-order valence-corrected chi connectivity index (χ0v) is 13.3. The van der Waals surface area contributed by atoms with Crippen LogP contribution in [0.25, 0.3) is 0 Å². The van der Waals surface area contributed by atoms with Gasteiger partial charge in [-0.15, -0.1) is 0 Å². The summed E-state index contributed by atoms with van der Waals surface area (Å²) in [6.07, 6.45) is 1.40. The van der Waals surface area contributed by atoms with Crippen LogP contribution in [0.4, 0.5) is 4.79 Å². The first-order valence-electron chi connectivity index (χ1n) is 7.36. The number of ether oxygens (including phenoxy) is 1. The van der Waals surface area contributed by atoms with Crippen molar-refractivity contribution in [1.29, 1.82) is 0 Å². The lowest BCUT2D eigenvalue weighted by Gasteiger charge is -2.27. The molecule has 2 aromatic rings. The van der Waals surface area contributed by atoms with Gasteiger partial charge in [-0.05, 0) is 38.5 Å². The number of hydrogen-bond acceptors (Lipinski definition) is 3. The predicted octanol–water partition coefficient (Wildman–Crippen LogP) is 4.02. The highest BCUT2D eigenvalue weighted by Gasteiger charge is 2.22. The number of carbonyl (C=O) groups excluding carboxylic acids is 1. The molecule has 4 nitrogen and oxygen atoms in total. The van der Waals surface area contributed by atoms with Crippen molar-refractivity contribution >= 4 is 6.09 Å². The number of aromatic nitrogens is 1. The van der Waals surface area contributed by atoms with Gasteiger partial charge in [0, 0.05) is 12.7 Å². The van der Waals surface area contributed by atoms with Crippen molar-refractivity contribution in [2.75, 3.05) is 0 Å². The van der Waals surface area contributed by atoms with Crippen LogP contribution in [0, 0.1) is 0 Å². The molecule has 0 radical (unpaired) electrons. The smallest absolute Gasteiger partial charge is 0.410 e. The van der Waals surface area contributed by atoms with Gasteiger partial charge in [0.05, 0.1) is 12.2 Å². The standard InChI is InChI=1S/C18H22N2O2/c1-18(2,3)22-17(21)20(13-15-9-5-4-6-10-15)14-16-11-7-8-12-19-16/h4-12H,13-14H2,1-3H3. The maximum atomic E-state index is 12.4. The Hall–Kier alpha value is -2.36. The highest BCUT2D eigenvalue weighted by Crippen LogP contribution is 2.15. The second kappa shape index (κ2) is 7.07. The molecule has 0 N–H and O–H groups in total. The Morgan fingerprint density at radius 3 is 2.32 bits per heavy atom. The Balaban J connectivity index is 2.14. The molecule has 1 heterocycles. The van der Waals surface area contributed by atoms with E-state index in [-0.39, 0.29) is 6.09 Å². The number of carbonyl (C=O) groups is 1. The summed E-state index contributed by atoms with van der Waals surface area (Å²) in [5.74, 6) is 0. The summed E-state index contributed by atoms with van der Waals surface area (Å²) in [7, 11) is 0. The molecule has 0 aliphatic rings. The molecule has 2 rings (SSSR count). The minimum atomic E-state index is -0.518. The van der Waals surface area contributed by atoms with Crippen molar-refractivity contribution < 1.29 is 9.53 Å². The number of hydrogen-bond donors (Lipinski definition) is 0. The molecule has 116 valence electrons. The van der Waals surface area contributed by atoms with Crippen molar-refractivity contribution in [1.82, 2.24) is 9.88 Å². The van der Waals surface area contributed by atoms with E-state index in [1.165, 1.54) is 0 Å². The Labute approximate surface area is 131 Å². The van der Waals surface area contributed by atoms with Gasteiger partial charge in [-0.1, -0.05) is 36.4 Å². The Morgan fingerprint density at radius 1 is 1.05 bits per heavy atom. The lowest BCUT2D eigenvalue weighted by Crippen LogP contribution is -2.36. The van der Waals surface area contributed by atoms with Gasteiger partial charge in [0.15, 0.2) is 0 Å². The summed E-state index contributed by atoms with van der Waals surface area (Å²) in [6.45, 7) is 6.52. The summed E-state index contributed by atoms with van der Waals surface area (Å²) in [4.78, 5) is 18.4. The minimum Gasteiger partial charge on any atom is -0.444 e. The van der Waals surface area contributed by atoms with Crippen molar-refractivity contribution in [2.24, 2.45) is 0 Å². The van der Waals surface area contributed by atoms with Crippen LogP contribution < -0.4 is 0 Å². The molecule has 22 heavy (non-hydrogen) atoms. The van der Waals surface area contributed by atoms with E-state index in [0.717, 1.165) is 11.3 Å². The summed E-state index contributed by atoms with van der Waals surface area (Å²) < 4.78 is 5.50. The van der Waals surface area contributed by atoms with Crippen molar-refractivity contribution in [3.63, 3.8) is 0 Å². The van der Waals surface area contributed by atoms with E-state index in [1.807, 2.05) is 69.3 Å². The van der Waals surface area contributed by atoms with E-state index >= 15 is 0 Å². The van der Waals surface area contributed by atoms with Crippen LogP contribution >= 0.6 is 0 Å². The maximum Gasteiger partial charge on any atom is 0.410 e. The van der Waals surface area contributed by atoms with E-state index in [2.05, 4.69) is 4.98 Å². The zero-order valence-electron chi connectivity index (χ0n) is 13.3. The van der Waals surface area contributed by atoms with Crippen LogP contribution in [0.3, 0.4) is 0 Å². The van der Waals surface area contributed by atoms with Gasteiger partial charge in [0.2, 0.25) is 0 Å². The van der Waals surface area contributed by atoms with Gasteiger partial charge in [0.1, 0.15) is 5.60 Å². The molecule has 0 saturated carbocycles. The van der Waals surface area contributed by atoms with Crippen LogP contribution in [0.5, 0.6) is 0 Å². The molecular formula is C18H22N2O2. The fourth-order valence-electron chi connectivity index (χ4n) is 2.00. The molecular weight excluding hydrogens is 276 g/mol. The van der Waals surface area contributed by atoms with Crippen molar-refractivity contribution in [3.05, 3.63) is 66.0 Å². The summed E-state index contributed by atoms with van der Waals surface area (Å²) in [5, 5.41) is 0. The Bertz CT molecular complexity index is 550. The summed E-state index contributed by atoms with van der Waals surface area (Å²) >= 11 is 0. The third kappa shape index (κ3) is 5.20. The van der Waals surface area contributed by atoms with Crippen molar-refractivity contribution in [3.8, 4) is 0 Å². The molecule has 0 atom stereocenters. The predicted molar refractivity (Wildman–Crippen MR) is 86.2 cm³/mol. The topological polar surface area (TPSA) is 42.4 Å². The largest absolute Gasteiger partial charge is 0.444 e. The lowest BCUT2D eigenvalue weighted by molar-refractivity contribution is 0.0214. The normalized spacial score (nSPS) is 11.0. The van der Waals surface area contributed by atoms with E-state index < -0.39 is 5.60 Å². The van der Waals surface area contributed by atoms with E-state index in [1.54, 1.807) is 11.1 Å². The highest BCUT2D eigenvalue weighted by molar-refractivity contribution is 5.68. The van der Waals surface area contributed by atoms with Gasteiger partial charge in [-0.25, -0.2) is 4.79 Å². The third-order valence-electron chi connectivity index (χ3n) is 2.95. The van der Waals surface area contributed by atoms with Crippen LogP contribution in [0.15, 0.2) is 54.7 Å². The third-order valence-corrected chi connectivity index (χ3v) is 2.95. The first kappa shape index (κ1) is 16.0. The highest BCUT2D eigenvalue weighted by atomic mass is 16.6. The van der Waals surface area contributed by atoms with Gasteiger partial charge in [-0.3, -0.25) is 9.88 Å². The Kier molecular flexibility index (Phi) is 5.15. The summed E-state index contributed by atoms with van der Waals surface area (Å²) in [5.41, 5.74) is 1.38. The number of benzene rings is 1. The van der Waals surface area contributed by atoms with E-state index in [4.69, 9.17) is 4.74 Å². The molecule has 0 fully saturated rings. The quantitative estimate of drug-likeness (QED) is 0.856. The lowest BCUT2D eigenvalue weighted by atomic mass is 10.2. The molecule has 0 saturated heterocycles. The molecule has 0 bridgehead atoms. The molecule has 0 unspecified atom stereocenters. The van der Waals surface area contributed by atoms with Crippen LogP contribution in [-0.4, -0.2) is 21.6 Å². The number of pyridine rings is 1. The van der Waals surface area contributed by atoms with Gasteiger partial charge < -0.3 is 4.74 Å². The number of rotatable bonds is 4. The fraction of sp³-hybridized carbons (Fsp3) is 0.333. The van der Waals surface area contributed by atoms with Gasteiger partial charge in [-0.2, -0.15) is 0 Å². The van der Waals surface area contributed by atoms with Gasteiger partial charge in [0.25, 0.3) is 0 Å². The zero-order chi connectivity index (χ0) is 16.0. The van der Waals surface area contributed by atoms with Crippen molar-refractivity contribution in [2.45, 2.75) is 39.5 Å². The van der Waals surface area contributed by atoms with Crippen LogP contribution in [0.1, 0.15) is 32.0 Å². The molecule has 1 aromatic carbocycles. The monoisotopic (exact) mass is 298 g/mol. The molecule has 1 aromatic heterocycles. The average molecular weight is 298 g/mol. The van der Waals surface area contributed by atoms with Gasteiger partial charge >= 0.3 is 6.09 Å². The fourth-order valence-corrected chi connectivity index (χ4v) is 2.00. The van der Waals surface area contributed by atoms with E-state index in [9.17, 15) is 4.79 Å². The molecule has 0 aliphatic heterocycles. The van der Waals surface area contributed by atoms with Crippen LogP contribution in [0.2, 0.25) is 0 Å². The molecule has 1 amide bonds. The van der Waals surface area contributed by atoms with E-state index in [0.29, 0.717) is 13.1 Å². The second-order valence-corrected chi connectivity index (χ2v) is 6.14. The number of amides is 1. The Morgan fingerprint density at radius 2 is 1.73 bits per heavy atom. The maximum absolute atomic E-state index is 12.4. The number of nitrogens with zero attached hydrogens (tertiary/aromatic N) is 2. The first-order chi connectivity index (χ1) is 10.4. The molecule has 0 spiro atoms. The van der Waals surface area contributed by atoms with Crippen LogP contribution in [-0.2, 0) is 17.8 Å². The summed E-state index contributed by atoms with van der Waals surface area (Å²) in [6, 6.07) is 15.6. The molecule has 4 heteroatoms. The minimum absolute atomic E-state index is 0.331. The average Bonchev–Trinajstić information content (AvgIpc) is 2.47.